The van der Waals surface area contributed by atoms with Gasteiger partial charge in [-0.25, -0.2) is 0 Å². The summed E-state index contributed by atoms with van der Waals surface area (Å²) in [5.41, 5.74) is 0.367. The second kappa shape index (κ2) is 5.08. The average Bonchev–Trinajstić information content (AvgIpc) is 2.78. The number of tetrazole rings is 1. The highest BCUT2D eigenvalue weighted by atomic mass is 79.9. The van der Waals surface area contributed by atoms with Gasteiger partial charge in [-0.1, -0.05) is 32.9 Å². The van der Waals surface area contributed by atoms with Gasteiger partial charge >= 0.3 is 6.30 Å². The number of aromatic nitrogens is 4. The Morgan fingerprint density at radius 1 is 1.26 bits per heavy atom. The molecule has 0 bridgehead atoms. The number of carbonyl (C=O) groups excluding carboxylic acids is 1. The van der Waals surface area contributed by atoms with Crippen LogP contribution in [0, 0.1) is 0 Å². The lowest BCUT2D eigenvalue weighted by Gasteiger charge is -2.00. The normalized spacial score (nSPS) is 11.6. The molecule has 0 aliphatic rings. The van der Waals surface area contributed by atoms with Crippen LogP contribution in [0.1, 0.15) is 16.2 Å². The lowest BCUT2D eigenvalue weighted by molar-refractivity contribution is -0.222. The molecule has 0 aliphatic heterocycles. The Balaban J connectivity index is 2.11. The minimum atomic E-state index is -4.73. The number of hydrogen-bond donors (Lipinski definition) is 0. The van der Waals surface area contributed by atoms with E-state index >= 15 is 0 Å². The van der Waals surface area contributed by atoms with Crippen LogP contribution < -0.4 is 0 Å². The number of carbonyl (C=O) groups is 1. The van der Waals surface area contributed by atoms with E-state index in [4.69, 9.17) is 0 Å². The van der Waals surface area contributed by atoms with Crippen molar-refractivity contribution in [2.24, 2.45) is 0 Å². The number of Topliss-reactive ketones (excluding diaryl/α,β-unsaturated/α-hetero) is 1. The molecule has 2 rings (SSSR count). The van der Waals surface area contributed by atoms with Crippen LogP contribution in [-0.4, -0.2) is 26.0 Å². The summed E-state index contributed by atoms with van der Waals surface area (Å²) in [5.74, 6) is -0.653. The molecule has 9 heteroatoms. The van der Waals surface area contributed by atoms with Gasteiger partial charge < -0.3 is 0 Å². The van der Waals surface area contributed by atoms with Gasteiger partial charge in [0.25, 0.3) is 0 Å². The average molecular weight is 335 g/mol. The molecular formula is C10H6BrF3N4O. The monoisotopic (exact) mass is 334 g/mol. The number of nitrogens with zero attached hydrogens (tertiary/aromatic N) is 4. The van der Waals surface area contributed by atoms with Gasteiger partial charge in [0.2, 0.25) is 0 Å². The van der Waals surface area contributed by atoms with E-state index in [2.05, 4.69) is 31.3 Å². The minimum absolute atomic E-state index is 0.273. The number of alkyl halides is 3. The summed E-state index contributed by atoms with van der Waals surface area (Å²) >= 11 is 3.21. The number of benzene rings is 1. The van der Waals surface area contributed by atoms with E-state index in [0.717, 1.165) is 4.47 Å². The summed E-state index contributed by atoms with van der Waals surface area (Å²) in [6, 6.07) is 6.43. The lowest BCUT2D eigenvalue weighted by atomic mass is 10.1. The highest BCUT2D eigenvalue weighted by molar-refractivity contribution is 9.10. The van der Waals surface area contributed by atoms with Gasteiger partial charge in [-0.05, 0) is 17.3 Å². The molecule has 0 unspecified atom stereocenters. The summed E-state index contributed by atoms with van der Waals surface area (Å²) in [5, 5.41) is 9.14. The molecule has 1 aromatic heterocycles. The van der Waals surface area contributed by atoms with Crippen molar-refractivity contribution in [3.63, 3.8) is 0 Å². The molecule has 100 valence electrons. The third-order valence-electron chi connectivity index (χ3n) is 2.17. The Labute approximate surface area is 113 Å². The van der Waals surface area contributed by atoms with Crippen LogP contribution in [0.25, 0.3) is 0 Å². The van der Waals surface area contributed by atoms with E-state index in [0.29, 0.717) is 5.56 Å². The Hall–Kier alpha value is -1.77. The molecule has 0 radical (unpaired) electrons. The third-order valence-corrected chi connectivity index (χ3v) is 2.70. The summed E-state index contributed by atoms with van der Waals surface area (Å²) < 4.78 is 37.4. The standard InChI is InChI=1S/C10H6BrF3N4O/c11-7-3-1-6(2-4-7)8(19)5-9-15-17-18(16-9)10(12,13)14/h1-4H,5H2. The Morgan fingerprint density at radius 2 is 1.89 bits per heavy atom. The van der Waals surface area contributed by atoms with Crippen LogP contribution in [0.15, 0.2) is 28.7 Å². The maximum atomic E-state index is 12.2. The summed E-state index contributed by atoms with van der Waals surface area (Å²) in [6.45, 7) is 0. The smallest absolute Gasteiger partial charge is 0.294 e. The molecule has 0 saturated heterocycles. The Morgan fingerprint density at radius 3 is 2.42 bits per heavy atom. The predicted molar refractivity (Wildman–Crippen MR) is 61.3 cm³/mol. The van der Waals surface area contributed by atoms with Crippen molar-refractivity contribution in [3.05, 3.63) is 40.1 Å². The first kappa shape index (κ1) is 13.7. The van der Waals surface area contributed by atoms with Crippen molar-refractivity contribution in [3.8, 4) is 0 Å². The molecular weight excluding hydrogens is 329 g/mol. The quantitative estimate of drug-likeness (QED) is 0.808. The van der Waals surface area contributed by atoms with E-state index < -0.39 is 11.1 Å². The number of halogens is 4. The second-order valence-electron chi connectivity index (χ2n) is 3.57. The largest absolute Gasteiger partial charge is 0.522 e. The molecule has 0 fully saturated rings. The fourth-order valence-corrected chi connectivity index (χ4v) is 1.57. The van der Waals surface area contributed by atoms with E-state index in [1.165, 1.54) is 0 Å². The van der Waals surface area contributed by atoms with Gasteiger partial charge in [0.1, 0.15) is 0 Å². The van der Waals surface area contributed by atoms with E-state index in [9.17, 15) is 18.0 Å². The van der Waals surface area contributed by atoms with Crippen LogP contribution in [0.5, 0.6) is 0 Å². The zero-order valence-electron chi connectivity index (χ0n) is 9.23. The first-order valence-electron chi connectivity index (χ1n) is 5.01. The van der Waals surface area contributed by atoms with Gasteiger partial charge in [0.15, 0.2) is 11.6 Å². The van der Waals surface area contributed by atoms with Gasteiger partial charge in [-0.2, -0.15) is 0 Å². The van der Waals surface area contributed by atoms with Crippen LogP contribution in [0.2, 0.25) is 0 Å². The molecule has 0 spiro atoms. The summed E-state index contributed by atoms with van der Waals surface area (Å²) in [6.07, 6.45) is -5.07. The fraction of sp³-hybridized carbons (Fsp3) is 0.200. The van der Waals surface area contributed by atoms with E-state index in [-0.39, 0.29) is 18.0 Å². The molecule has 1 aromatic carbocycles. The minimum Gasteiger partial charge on any atom is -0.294 e. The Kier molecular flexibility index (Phi) is 3.65. The molecule has 0 N–H and O–H groups in total. The number of ketones is 1. The summed E-state index contributed by atoms with van der Waals surface area (Å²) in [4.78, 5) is 11.3. The molecule has 1 heterocycles. The molecule has 2 aromatic rings. The van der Waals surface area contributed by atoms with Crippen molar-refractivity contribution in [2.75, 3.05) is 0 Å². The van der Waals surface area contributed by atoms with Crippen molar-refractivity contribution in [2.45, 2.75) is 12.7 Å². The highest BCUT2D eigenvalue weighted by Crippen LogP contribution is 2.19. The fourth-order valence-electron chi connectivity index (χ4n) is 1.30. The predicted octanol–water partition coefficient (Wildman–Crippen LogP) is 2.34. The van der Waals surface area contributed by atoms with Crippen LogP contribution in [-0.2, 0) is 12.7 Å². The van der Waals surface area contributed by atoms with Crippen molar-refractivity contribution >= 4 is 21.7 Å². The second-order valence-corrected chi connectivity index (χ2v) is 4.49. The molecule has 5 nitrogen and oxygen atoms in total. The SMILES string of the molecule is O=C(Cc1nnn(C(F)(F)F)n1)c1ccc(Br)cc1. The van der Waals surface area contributed by atoms with E-state index in [1.54, 1.807) is 24.3 Å². The molecule has 0 aliphatic carbocycles. The maximum Gasteiger partial charge on any atom is 0.522 e. The summed E-state index contributed by atoms with van der Waals surface area (Å²) in [7, 11) is 0. The van der Waals surface area contributed by atoms with Crippen molar-refractivity contribution in [1.29, 1.82) is 0 Å². The first-order valence-corrected chi connectivity index (χ1v) is 5.80. The maximum absolute atomic E-state index is 12.2. The zero-order valence-corrected chi connectivity index (χ0v) is 10.8. The van der Waals surface area contributed by atoms with Crippen LogP contribution in [0.4, 0.5) is 13.2 Å². The van der Waals surface area contributed by atoms with Gasteiger partial charge in [-0.3, -0.25) is 4.79 Å². The van der Waals surface area contributed by atoms with Crippen LogP contribution >= 0.6 is 15.9 Å². The molecule has 0 saturated carbocycles. The number of rotatable bonds is 3. The van der Waals surface area contributed by atoms with E-state index in [1.807, 2.05) is 0 Å². The van der Waals surface area contributed by atoms with Gasteiger partial charge in [-0.15, -0.1) is 23.4 Å². The Bertz CT molecular complexity index is 594. The highest BCUT2D eigenvalue weighted by Gasteiger charge is 2.34. The number of hydrogen-bond acceptors (Lipinski definition) is 4. The lowest BCUT2D eigenvalue weighted by Crippen LogP contribution is -2.20. The first-order chi connectivity index (χ1) is 8.86. The van der Waals surface area contributed by atoms with Gasteiger partial charge in [0, 0.05) is 10.0 Å². The molecule has 19 heavy (non-hydrogen) atoms. The zero-order chi connectivity index (χ0) is 14.0. The van der Waals surface area contributed by atoms with Gasteiger partial charge in [0.05, 0.1) is 6.42 Å². The molecule has 0 atom stereocenters. The van der Waals surface area contributed by atoms with Crippen molar-refractivity contribution < 1.29 is 18.0 Å². The van der Waals surface area contributed by atoms with Crippen LogP contribution in [0.3, 0.4) is 0 Å². The third kappa shape index (κ3) is 3.37. The molecule has 0 amide bonds. The topological polar surface area (TPSA) is 60.7 Å². The van der Waals surface area contributed by atoms with Crippen molar-refractivity contribution in [1.82, 2.24) is 20.2 Å².